The second-order valence-electron chi connectivity index (χ2n) is 7.79. The maximum absolute atomic E-state index is 12.8. The van der Waals surface area contributed by atoms with Crippen LogP contribution in [0.4, 0.5) is 13.2 Å². The number of carbonyl (C=O) groups excluding carboxylic acids is 1. The summed E-state index contributed by atoms with van der Waals surface area (Å²) in [5.74, 6) is 1.05. The third-order valence-electron chi connectivity index (χ3n) is 5.35. The van der Waals surface area contributed by atoms with Gasteiger partial charge in [-0.3, -0.25) is 4.79 Å². The molecule has 1 saturated heterocycles. The molecule has 174 valence electrons. The fourth-order valence-electron chi connectivity index (χ4n) is 3.50. The molecule has 1 aromatic heterocycles. The van der Waals surface area contributed by atoms with Gasteiger partial charge in [0.15, 0.2) is 0 Å². The monoisotopic (exact) mass is 460 g/mol. The van der Waals surface area contributed by atoms with E-state index < -0.39 is 11.7 Å². The lowest BCUT2D eigenvalue weighted by Crippen LogP contribution is -2.32. The highest BCUT2D eigenvalue weighted by molar-refractivity contribution is 5.76. The second-order valence-corrected chi connectivity index (χ2v) is 7.79. The van der Waals surface area contributed by atoms with Crippen LogP contribution in [0.2, 0.25) is 0 Å². The summed E-state index contributed by atoms with van der Waals surface area (Å²) >= 11 is 0. The van der Waals surface area contributed by atoms with Gasteiger partial charge in [-0.15, -0.1) is 0 Å². The van der Waals surface area contributed by atoms with Crippen LogP contribution >= 0.6 is 0 Å². The summed E-state index contributed by atoms with van der Waals surface area (Å²) < 4.78 is 55.1. The Hall–Kier alpha value is -3.33. The van der Waals surface area contributed by atoms with Gasteiger partial charge in [-0.25, -0.2) is 4.98 Å². The van der Waals surface area contributed by atoms with Gasteiger partial charge in [0, 0.05) is 5.56 Å². The number of hydrogen-bond acceptors (Lipinski definition) is 6. The molecule has 2 aromatic carbocycles. The van der Waals surface area contributed by atoms with Gasteiger partial charge in [-0.05, 0) is 68.3 Å². The fraction of sp³-hybridized carbons (Fsp3) is 0.333. The molecule has 0 amide bonds. The Labute approximate surface area is 188 Å². The first-order valence-corrected chi connectivity index (χ1v) is 10.6. The minimum atomic E-state index is -4.40. The van der Waals surface area contributed by atoms with E-state index in [2.05, 4.69) is 10.3 Å². The molecular formula is C24H23F3N2O4. The van der Waals surface area contributed by atoms with Crippen LogP contribution in [0, 0.1) is 6.92 Å². The summed E-state index contributed by atoms with van der Waals surface area (Å²) in [5, 5.41) is 3.11. The molecule has 6 nitrogen and oxygen atoms in total. The van der Waals surface area contributed by atoms with Crippen molar-refractivity contribution in [3.8, 4) is 17.2 Å². The van der Waals surface area contributed by atoms with Crippen molar-refractivity contribution in [2.45, 2.75) is 45.2 Å². The van der Waals surface area contributed by atoms with Crippen LogP contribution < -0.4 is 10.1 Å². The molecule has 3 aromatic rings. The van der Waals surface area contributed by atoms with Gasteiger partial charge in [-0.2, -0.15) is 13.2 Å². The molecule has 0 spiro atoms. The van der Waals surface area contributed by atoms with Gasteiger partial charge in [-0.1, -0.05) is 12.1 Å². The van der Waals surface area contributed by atoms with E-state index in [0.717, 1.165) is 37.1 Å². The molecule has 1 fully saturated rings. The van der Waals surface area contributed by atoms with E-state index in [-0.39, 0.29) is 31.1 Å². The highest BCUT2D eigenvalue weighted by atomic mass is 19.4. The molecular weight excluding hydrogens is 437 g/mol. The zero-order chi connectivity index (χ0) is 23.4. The van der Waals surface area contributed by atoms with Crippen LogP contribution in [-0.4, -0.2) is 23.5 Å². The standard InChI is InChI=1S/C24H23F3N2O4/c1-15-21(29-22(33-15)17-7-9-18(10-8-17)24(25,26)27)14-31-19-5-2-4-16(12-19)13-32-23(30)20-6-3-11-28-20/h2,4-5,7-10,12,20,28H,3,6,11,13-14H2,1H3. The van der Waals surface area contributed by atoms with Crippen LogP contribution in [0.3, 0.4) is 0 Å². The molecule has 0 bridgehead atoms. The quantitative estimate of drug-likeness (QED) is 0.498. The van der Waals surface area contributed by atoms with Crippen LogP contribution in [0.5, 0.6) is 5.75 Å². The number of benzene rings is 2. The minimum absolute atomic E-state index is 0.116. The Morgan fingerprint density at radius 2 is 1.97 bits per heavy atom. The van der Waals surface area contributed by atoms with Crippen molar-refractivity contribution < 1.29 is 31.9 Å². The predicted molar refractivity (Wildman–Crippen MR) is 113 cm³/mol. The number of rotatable bonds is 7. The molecule has 1 N–H and O–H groups in total. The first-order valence-electron chi connectivity index (χ1n) is 10.6. The van der Waals surface area contributed by atoms with Crippen molar-refractivity contribution in [2.75, 3.05) is 6.54 Å². The van der Waals surface area contributed by atoms with Gasteiger partial charge >= 0.3 is 12.1 Å². The maximum atomic E-state index is 12.8. The first kappa shape index (κ1) is 22.8. The van der Waals surface area contributed by atoms with Gasteiger partial charge in [0.25, 0.3) is 0 Å². The largest absolute Gasteiger partial charge is 0.487 e. The molecule has 0 saturated carbocycles. The molecule has 0 radical (unpaired) electrons. The van der Waals surface area contributed by atoms with E-state index >= 15 is 0 Å². The maximum Gasteiger partial charge on any atom is 0.416 e. The Bertz CT molecular complexity index is 1100. The topological polar surface area (TPSA) is 73.6 Å². The first-order chi connectivity index (χ1) is 15.8. The number of nitrogens with zero attached hydrogens (tertiary/aromatic N) is 1. The molecule has 1 aliphatic rings. The van der Waals surface area contributed by atoms with E-state index in [1.54, 1.807) is 25.1 Å². The SMILES string of the molecule is Cc1oc(-c2ccc(C(F)(F)F)cc2)nc1COc1cccc(COC(=O)C2CCCN2)c1. The van der Waals surface area contributed by atoms with Gasteiger partial charge < -0.3 is 19.2 Å². The number of halogens is 3. The van der Waals surface area contributed by atoms with E-state index in [1.807, 2.05) is 6.07 Å². The van der Waals surface area contributed by atoms with Crippen LogP contribution in [0.1, 0.15) is 35.4 Å². The number of esters is 1. The molecule has 0 aliphatic carbocycles. The fourth-order valence-corrected chi connectivity index (χ4v) is 3.50. The van der Waals surface area contributed by atoms with Crippen molar-refractivity contribution >= 4 is 5.97 Å². The van der Waals surface area contributed by atoms with Crippen molar-refractivity contribution in [1.29, 1.82) is 0 Å². The zero-order valence-electron chi connectivity index (χ0n) is 17.9. The van der Waals surface area contributed by atoms with Crippen molar-refractivity contribution in [3.05, 3.63) is 71.1 Å². The normalized spacial score (nSPS) is 16.1. The summed E-state index contributed by atoms with van der Waals surface area (Å²) in [5.41, 5.74) is 1.04. The number of aromatic nitrogens is 1. The van der Waals surface area contributed by atoms with Crippen molar-refractivity contribution in [2.24, 2.45) is 0 Å². The Morgan fingerprint density at radius 1 is 1.18 bits per heavy atom. The van der Waals surface area contributed by atoms with Crippen LogP contribution in [0.25, 0.3) is 11.5 Å². The minimum Gasteiger partial charge on any atom is -0.487 e. The Balaban J connectivity index is 1.36. The van der Waals surface area contributed by atoms with E-state index in [9.17, 15) is 18.0 Å². The second kappa shape index (κ2) is 9.66. The van der Waals surface area contributed by atoms with Gasteiger partial charge in [0.05, 0.1) is 5.56 Å². The van der Waals surface area contributed by atoms with Crippen molar-refractivity contribution in [1.82, 2.24) is 10.3 Å². The number of hydrogen-bond donors (Lipinski definition) is 1. The average molecular weight is 460 g/mol. The summed E-state index contributed by atoms with van der Waals surface area (Å²) in [6, 6.07) is 11.6. The number of oxazole rings is 1. The molecule has 1 unspecified atom stereocenters. The van der Waals surface area contributed by atoms with Crippen LogP contribution in [0.15, 0.2) is 52.9 Å². The number of aryl methyl sites for hydroxylation is 1. The molecule has 1 aliphatic heterocycles. The summed E-state index contributed by atoms with van der Waals surface area (Å²) in [6.45, 7) is 2.80. The highest BCUT2D eigenvalue weighted by Crippen LogP contribution is 2.31. The highest BCUT2D eigenvalue weighted by Gasteiger charge is 2.30. The van der Waals surface area contributed by atoms with Gasteiger partial charge in [0.2, 0.25) is 5.89 Å². The smallest absolute Gasteiger partial charge is 0.416 e. The molecule has 1 atom stereocenters. The Kier molecular flexibility index (Phi) is 6.69. The lowest BCUT2D eigenvalue weighted by Gasteiger charge is -2.11. The molecule has 2 heterocycles. The van der Waals surface area contributed by atoms with Gasteiger partial charge in [0.1, 0.15) is 36.5 Å². The summed E-state index contributed by atoms with van der Waals surface area (Å²) in [6.07, 6.45) is -2.65. The average Bonchev–Trinajstić information content (AvgIpc) is 3.46. The van der Waals surface area contributed by atoms with E-state index in [1.165, 1.54) is 12.1 Å². The Morgan fingerprint density at radius 3 is 2.67 bits per heavy atom. The number of ether oxygens (including phenoxy) is 2. The third kappa shape index (κ3) is 5.73. The lowest BCUT2D eigenvalue weighted by atomic mass is 10.1. The van der Waals surface area contributed by atoms with Crippen molar-refractivity contribution in [3.63, 3.8) is 0 Å². The molecule has 9 heteroatoms. The van der Waals surface area contributed by atoms with E-state index in [4.69, 9.17) is 13.9 Å². The lowest BCUT2D eigenvalue weighted by molar-refractivity contribution is -0.147. The number of carbonyl (C=O) groups is 1. The number of alkyl halides is 3. The molecule has 33 heavy (non-hydrogen) atoms. The van der Waals surface area contributed by atoms with E-state index in [0.29, 0.717) is 22.8 Å². The molecule has 4 rings (SSSR count). The third-order valence-corrected chi connectivity index (χ3v) is 5.35. The zero-order valence-corrected chi connectivity index (χ0v) is 17.9. The number of nitrogens with one attached hydrogen (secondary N) is 1. The predicted octanol–water partition coefficient (Wildman–Crippen LogP) is 5.04. The summed E-state index contributed by atoms with van der Waals surface area (Å²) in [4.78, 5) is 16.4. The van der Waals surface area contributed by atoms with Crippen LogP contribution in [-0.2, 0) is 28.9 Å². The summed E-state index contributed by atoms with van der Waals surface area (Å²) in [7, 11) is 0.